The van der Waals surface area contributed by atoms with Crippen LogP contribution in [0.2, 0.25) is 0 Å². The summed E-state index contributed by atoms with van der Waals surface area (Å²) in [5.74, 6) is 0.505. The number of fused-ring (bicyclic) bond motifs is 1. The smallest absolute Gasteiger partial charge is 0.276 e. The molecule has 0 spiro atoms. The molecule has 0 unspecified atom stereocenters. The number of aromatic nitrogens is 3. The zero-order valence-corrected chi connectivity index (χ0v) is 15.7. The molecule has 0 bridgehead atoms. The third-order valence-corrected chi connectivity index (χ3v) is 5.22. The van der Waals surface area contributed by atoms with Crippen molar-refractivity contribution in [3.05, 3.63) is 35.0 Å². The number of hydrogen-bond acceptors (Lipinski definition) is 6. The van der Waals surface area contributed by atoms with Gasteiger partial charge in [0.05, 0.1) is 18.8 Å². The van der Waals surface area contributed by atoms with Crippen LogP contribution in [0.5, 0.6) is 0 Å². The van der Waals surface area contributed by atoms with Crippen molar-refractivity contribution in [3.8, 4) is 0 Å². The summed E-state index contributed by atoms with van der Waals surface area (Å²) in [4.78, 5) is 31.2. The average Bonchev–Trinajstić information content (AvgIpc) is 3.33. The second kappa shape index (κ2) is 7.15. The first-order valence-corrected chi connectivity index (χ1v) is 9.34. The van der Waals surface area contributed by atoms with Crippen molar-refractivity contribution in [2.24, 2.45) is 0 Å². The van der Waals surface area contributed by atoms with E-state index in [-0.39, 0.29) is 11.8 Å². The Balaban J connectivity index is 1.45. The van der Waals surface area contributed by atoms with Gasteiger partial charge in [0.25, 0.3) is 11.8 Å². The van der Waals surface area contributed by atoms with Crippen LogP contribution < -0.4 is 0 Å². The summed E-state index contributed by atoms with van der Waals surface area (Å²) in [5.41, 5.74) is 1.65. The summed E-state index contributed by atoms with van der Waals surface area (Å²) in [7, 11) is 2.06. The van der Waals surface area contributed by atoms with E-state index >= 15 is 0 Å². The molecule has 2 aromatic rings. The van der Waals surface area contributed by atoms with Gasteiger partial charge in [-0.2, -0.15) is 5.10 Å². The van der Waals surface area contributed by atoms with Gasteiger partial charge in [-0.25, -0.2) is 0 Å². The lowest BCUT2D eigenvalue weighted by Crippen LogP contribution is -2.47. The number of nitrogens with zero attached hydrogens (tertiary/aromatic N) is 6. The highest BCUT2D eigenvalue weighted by Crippen LogP contribution is 2.18. The van der Waals surface area contributed by atoms with E-state index in [1.165, 1.54) is 0 Å². The Morgan fingerprint density at radius 1 is 1.00 bits per heavy atom. The summed E-state index contributed by atoms with van der Waals surface area (Å²) < 4.78 is 6.96. The van der Waals surface area contributed by atoms with Gasteiger partial charge in [0.1, 0.15) is 5.76 Å². The van der Waals surface area contributed by atoms with Gasteiger partial charge >= 0.3 is 0 Å². The second-order valence-electron chi connectivity index (χ2n) is 7.10. The van der Waals surface area contributed by atoms with Crippen LogP contribution in [0.1, 0.15) is 39.4 Å². The highest BCUT2D eigenvalue weighted by atomic mass is 16.5. The molecule has 1 fully saturated rings. The topological polar surface area (TPSA) is 87.7 Å². The van der Waals surface area contributed by atoms with Crippen LogP contribution in [0.3, 0.4) is 0 Å². The molecule has 0 saturated carbocycles. The highest BCUT2D eigenvalue weighted by Gasteiger charge is 2.28. The minimum atomic E-state index is -0.155. The number of aryl methyl sites for hydroxylation is 1. The standard InChI is InChI=1S/C18H24N6O3/c1-3-14-11-16(20-27-14)18(26)23-8-9-24-13(12-23)10-15(19-24)17(25)22-6-4-21(2)5-7-22/h10-11H,3-9,12H2,1-2H3. The van der Waals surface area contributed by atoms with E-state index in [9.17, 15) is 9.59 Å². The molecule has 0 atom stereocenters. The van der Waals surface area contributed by atoms with Gasteiger partial charge < -0.3 is 19.2 Å². The summed E-state index contributed by atoms with van der Waals surface area (Å²) in [6, 6.07) is 3.50. The molecule has 4 heterocycles. The van der Waals surface area contributed by atoms with Gasteiger partial charge in [-0.05, 0) is 13.1 Å². The molecule has 0 aliphatic carbocycles. The van der Waals surface area contributed by atoms with Crippen molar-refractivity contribution in [1.29, 1.82) is 0 Å². The Morgan fingerprint density at radius 3 is 2.41 bits per heavy atom. The SMILES string of the molecule is CCc1cc(C(=O)N2CCn3nc(C(=O)N4CCN(C)CC4)cc3C2)no1. The fourth-order valence-corrected chi connectivity index (χ4v) is 3.46. The molecule has 0 aromatic carbocycles. The number of amides is 2. The molecular weight excluding hydrogens is 348 g/mol. The van der Waals surface area contributed by atoms with Crippen LogP contribution in [0.15, 0.2) is 16.7 Å². The van der Waals surface area contributed by atoms with Gasteiger partial charge in [0.15, 0.2) is 11.4 Å². The maximum atomic E-state index is 12.7. The van der Waals surface area contributed by atoms with E-state index in [0.29, 0.717) is 56.3 Å². The largest absolute Gasteiger partial charge is 0.361 e. The fraction of sp³-hybridized carbons (Fsp3) is 0.556. The van der Waals surface area contributed by atoms with Crippen LogP contribution >= 0.6 is 0 Å². The number of rotatable bonds is 3. The molecule has 144 valence electrons. The lowest BCUT2D eigenvalue weighted by atomic mass is 10.2. The summed E-state index contributed by atoms with van der Waals surface area (Å²) in [6.07, 6.45) is 0.699. The van der Waals surface area contributed by atoms with Gasteiger partial charge in [-0.3, -0.25) is 14.3 Å². The molecule has 0 N–H and O–H groups in total. The van der Waals surface area contributed by atoms with E-state index in [2.05, 4.69) is 22.2 Å². The fourth-order valence-electron chi connectivity index (χ4n) is 3.46. The molecule has 27 heavy (non-hydrogen) atoms. The van der Waals surface area contributed by atoms with E-state index in [0.717, 1.165) is 18.8 Å². The number of likely N-dealkylation sites (N-methyl/N-ethyl adjacent to an activating group) is 1. The maximum Gasteiger partial charge on any atom is 0.276 e. The summed E-state index contributed by atoms with van der Waals surface area (Å²) >= 11 is 0. The highest BCUT2D eigenvalue weighted by molar-refractivity contribution is 5.93. The maximum absolute atomic E-state index is 12.7. The normalized spacial score (nSPS) is 17.9. The first-order valence-electron chi connectivity index (χ1n) is 9.34. The average molecular weight is 372 g/mol. The Bertz CT molecular complexity index is 849. The zero-order chi connectivity index (χ0) is 19.0. The predicted octanol–water partition coefficient (Wildman–Crippen LogP) is 0.477. The zero-order valence-electron chi connectivity index (χ0n) is 15.7. The second-order valence-corrected chi connectivity index (χ2v) is 7.10. The van der Waals surface area contributed by atoms with Crippen molar-refractivity contribution >= 4 is 11.8 Å². The molecule has 2 aliphatic rings. The lowest BCUT2D eigenvalue weighted by Gasteiger charge is -2.31. The van der Waals surface area contributed by atoms with Crippen molar-refractivity contribution in [1.82, 2.24) is 29.6 Å². The molecule has 1 saturated heterocycles. The third kappa shape index (κ3) is 3.46. The number of piperazine rings is 1. The molecule has 2 aliphatic heterocycles. The van der Waals surface area contributed by atoms with E-state index in [1.54, 1.807) is 17.0 Å². The molecule has 4 rings (SSSR count). The first-order chi connectivity index (χ1) is 13.0. The van der Waals surface area contributed by atoms with Crippen LogP contribution in [-0.2, 0) is 19.5 Å². The van der Waals surface area contributed by atoms with E-state index in [4.69, 9.17) is 4.52 Å². The Morgan fingerprint density at radius 2 is 1.70 bits per heavy atom. The number of carbonyl (C=O) groups excluding carboxylic acids is 2. The first kappa shape index (κ1) is 17.7. The quantitative estimate of drug-likeness (QED) is 0.779. The van der Waals surface area contributed by atoms with Crippen LogP contribution in [0, 0.1) is 0 Å². The summed E-state index contributed by atoms with van der Waals surface area (Å²) in [5, 5.41) is 8.33. The minimum Gasteiger partial charge on any atom is -0.361 e. The van der Waals surface area contributed by atoms with E-state index < -0.39 is 0 Å². The summed E-state index contributed by atoms with van der Waals surface area (Å²) in [6.45, 7) is 6.64. The Kier molecular flexibility index (Phi) is 4.69. The van der Waals surface area contributed by atoms with Crippen molar-refractivity contribution in [2.75, 3.05) is 39.8 Å². The minimum absolute atomic E-state index is 0.0352. The van der Waals surface area contributed by atoms with Gasteiger partial charge in [0, 0.05) is 45.2 Å². The van der Waals surface area contributed by atoms with Crippen LogP contribution in [0.25, 0.3) is 0 Å². The molecule has 0 radical (unpaired) electrons. The van der Waals surface area contributed by atoms with Crippen LogP contribution in [0.4, 0.5) is 0 Å². The molecule has 9 heteroatoms. The molecular formula is C18H24N6O3. The van der Waals surface area contributed by atoms with Crippen LogP contribution in [-0.4, -0.2) is 81.2 Å². The predicted molar refractivity (Wildman–Crippen MR) is 96.2 cm³/mol. The number of carbonyl (C=O) groups is 2. The Hall–Kier alpha value is -2.68. The number of hydrogen-bond donors (Lipinski definition) is 0. The Labute approximate surface area is 157 Å². The third-order valence-electron chi connectivity index (χ3n) is 5.22. The lowest BCUT2D eigenvalue weighted by molar-refractivity contribution is 0.0652. The molecule has 2 aromatic heterocycles. The van der Waals surface area contributed by atoms with Gasteiger partial charge in [-0.1, -0.05) is 12.1 Å². The monoisotopic (exact) mass is 372 g/mol. The molecule has 9 nitrogen and oxygen atoms in total. The molecule has 2 amide bonds. The van der Waals surface area contributed by atoms with E-state index in [1.807, 2.05) is 16.5 Å². The van der Waals surface area contributed by atoms with Crippen molar-refractivity contribution < 1.29 is 14.1 Å². The van der Waals surface area contributed by atoms with Crippen molar-refractivity contribution in [2.45, 2.75) is 26.4 Å². The van der Waals surface area contributed by atoms with Crippen molar-refractivity contribution in [3.63, 3.8) is 0 Å². The van der Waals surface area contributed by atoms with Gasteiger partial charge in [-0.15, -0.1) is 0 Å². The van der Waals surface area contributed by atoms with Gasteiger partial charge in [0.2, 0.25) is 0 Å².